The minimum Gasteiger partial charge on any atom is -0.350 e. The average molecular weight is 545 g/mol. The van der Waals surface area contributed by atoms with E-state index in [9.17, 15) is 27.6 Å². The van der Waals surface area contributed by atoms with E-state index in [1.165, 1.54) is 12.1 Å². The number of halogens is 3. The molecular formula is C29H35F3N4O3. The number of nitrogens with one attached hydrogen (secondary N) is 2. The van der Waals surface area contributed by atoms with Crippen molar-refractivity contribution >= 4 is 17.7 Å². The van der Waals surface area contributed by atoms with E-state index in [1.54, 1.807) is 0 Å². The molecule has 2 aromatic rings. The molecule has 2 aliphatic rings. The van der Waals surface area contributed by atoms with E-state index < -0.39 is 17.6 Å². The van der Waals surface area contributed by atoms with Crippen LogP contribution in [0.15, 0.2) is 48.5 Å². The van der Waals surface area contributed by atoms with Gasteiger partial charge in [-0.15, -0.1) is 0 Å². The van der Waals surface area contributed by atoms with E-state index in [2.05, 4.69) is 15.5 Å². The largest absolute Gasteiger partial charge is 0.416 e. The molecule has 10 heteroatoms. The van der Waals surface area contributed by atoms with Gasteiger partial charge in [-0.1, -0.05) is 23.8 Å². The predicted molar refractivity (Wildman–Crippen MR) is 141 cm³/mol. The summed E-state index contributed by atoms with van der Waals surface area (Å²) in [4.78, 5) is 41.5. The highest BCUT2D eigenvalue weighted by atomic mass is 19.4. The summed E-state index contributed by atoms with van der Waals surface area (Å²) in [5.41, 5.74) is 0.816. The highest BCUT2D eigenvalue weighted by molar-refractivity contribution is 5.96. The molecule has 1 atom stereocenters. The smallest absolute Gasteiger partial charge is 0.350 e. The maximum atomic E-state index is 12.9. The van der Waals surface area contributed by atoms with Crippen LogP contribution in [0, 0.1) is 12.8 Å². The lowest BCUT2D eigenvalue weighted by Gasteiger charge is -2.33. The molecule has 0 spiro atoms. The molecule has 2 N–H and O–H groups in total. The quantitative estimate of drug-likeness (QED) is 0.529. The SMILES string of the molecule is Cc1ccc(C(=O)N2CCC(CCN3CC[C@@H](NC(=O)CNC(=O)c4cccc(C(F)(F)F)c4)C3)CC2)cc1. The molecule has 2 saturated heterocycles. The molecule has 39 heavy (non-hydrogen) atoms. The lowest BCUT2D eigenvalue weighted by atomic mass is 9.93. The molecule has 2 aliphatic heterocycles. The van der Waals surface area contributed by atoms with Crippen LogP contribution in [0.1, 0.15) is 57.5 Å². The molecule has 0 unspecified atom stereocenters. The number of likely N-dealkylation sites (tertiary alicyclic amines) is 2. The van der Waals surface area contributed by atoms with Gasteiger partial charge in [0.2, 0.25) is 5.91 Å². The molecule has 2 aromatic carbocycles. The summed E-state index contributed by atoms with van der Waals surface area (Å²) in [7, 11) is 0. The molecule has 3 amide bonds. The molecule has 0 aromatic heterocycles. The number of hydrogen-bond donors (Lipinski definition) is 2. The summed E-state index contributed by atoms with van der Waals surface area (Å²) in [6, 6.07) is 11.8. The summed E-state index contributed by atoms with van der Waals surface area (Å²) >= 11 is 0. The van der Waals surface area contributed by atoms with Crippen LogP contribution in [0.25, 0.3) is 0 Å². The Morgan fingerprint density at radius 2 is 1.67 bits per heavy atom. The number of carbonyl (C=O) groups is 3. The van der Waals surface area contributed by atoms with Crippen molar-refractivity contribution in [2.24, 2.45) is 5.92 Å². The normalized spacial score (nSPS) is 18.7. The molecule has 210 valence electrons. The Balaban J connectivity index is 1.12. The second-order valence-corrected chi connectivity index (χ2v) is 10.5. The van der Waals surface area contributed by atoms with Gasteiger partial charge in [0.15, 0.2) is 0 Å². The van der Waals surface area contributed by atoms with Crippen molar-refractivity contribution in [1.82, 2.24) is 20.4 Å². The van der Waals surface area contributed by atoms with Crippen molar-refractivity contribution in [2.45, 2.75) is 44.8 Å². The fraction of sp³-hybridized carbons (Fsp3) is 0.483. The van der Waals surface area contributed by atoms with E-state index >= 15 is 0 Å². The second kappa shape index (κ2) is 12.6. The van der Waals surface area contributed by atoms with Crippen molar-refractivity contribution in [3.8, 4) is 0 Å². The van der Waals surface area contributed by atoms with Crippen LogP contribution in [0.2, 0.25) is 0 Å². The van der Waals surface area contributed by atoms with Gasteiger partial charge in [0, 0.05) is 43.3 Å². The van der Waals surface area contributed by atoms with E-state index in [0.717, 1.165) is 81.7 Å². The molecule has 0 bridgehead atoms. The Kier molecular flexibility index (Phi) is 9.27. The molecular weight excluding hydrogens is 509 g/mol. The zero-order chi connectivity index (χ0) is 28.0. The third-order valence-corrected chi connectivity index (χ3v) is 7.55. The Morgan fingerprint density at radius 3 is 2.36 bits per heavy atom. The average Bonchev–Trinajstić information content (AvgIpc) is 3.37. The lowest BCUT2D eigenvalue weighted by Crippen LogP contribution is -2.43. The maximum absolute atomic E-state index is 12.9. The second-order valence-electron chi connectivity index (χ2n) is 10.5. The number of nitrogens with zero attached hydrogens (tertiary/aromatic N) is 2. The number of rotatable bonds is 8. The van der Waals surface area contributed by atoms with Gasteiger partial charge >= 0.3 is 6.18 Å². The monoisotopic (exact) mass is 544 g/mol. The minimum atomic E-state index is -4.54. The van der Waals surface area contributed by atoms with E-state index in [-0.39, 0.29) is 30.0 Å². The summed E-state index contributed by atoms with van der Waals surface area (Å²) in [6.07, 6.45) is -0.731. The highest BCUT2D eigenvalue weighted by Gasteiger charge is 2.31. The summed E-state index contributed by atoms with van der Waals surface area (Å²) in [5, 5.41) is 5.30. The Labute approximate surface area is 226 Å². The zero-order valence-corrected chi connectivity index (χ0v) is 22.1. The number of aryl methyl sites for hydroxylation is 1. The number of benzene rings is 2. The molecule has 0 saturated carbocycles. The molecule has 0 aliphatic carbocycles. The Hall–Kier alpha value is -3.40. The maximum Gasteiger partial charge on any atom is 0.416 e. The third-order valence-electron chi connectivity index (χ3n) is 7.55. The minimum absolute atomic E-state index is 0.0306. The van der Waals surface area contributed by atoms with E-state index in [0.29, 0.717) is 5.92 Å². The topological polar surface area (TPSA) is 81.8 Å². The van der Waals surface area contributed by atoms with Crippen molar-refractivity contribution in [1.29, 1.82) is 0 Å². The first-order valence-electron chi connectivity index (χ1n) is 13.4. The number of amides is 3. The highest BCUT2D eigenvalue weighted by Crippen LogP contribution is 2.29. The third kappa shape index (κ3) is 8.05. The molecule has 2 heterocycles. The van der Waals surface area contributed by atoms with Crippen LogP contribution in [0.5, 0.6) is 0 Å². The Bertz CT molecular complexity index is 1160. The van der Waals surface area contributed by atoms with Crippen LogP contribution >= 0.6 is 0 Å². The molecule has 0 radical (unpaired) electrons. The van der Waals surface area contributed by atoms with Gasteiger partial charge in [0.1, 0.15) is 0 Å². The predicted octanol–water partition coefficient (Wildman–Crippen LogP) is 3.88. The van der Waals surface area contributed by atoms with Crippen molar-refractivity contribution in [2.75, 3.05) is 39.3 Å². The summed E-state index contributed by atoms with van der Waals surface area (Å²) < 4.78 is 38.6. The fourth-order valence-electron chi connectivity index (χ4n) is 5.20. The molecule has 2 fully saturated rings. The summed E-state index contributed by atoms with van der Waals surface area (Å²) in [6.45, 7) is 5.75. The van der Waals surface area contributed by atoms with Crippen LogP contribution in [0.3, 0.4) is 0 Å². The van der Waals surface area contributed by atoms with Gasteiger partial charge in [-0.05, 0) is 75.4 Å². The van der Waals surface area contributed by atoms with Gasteiger partial charge in [-0.3, -0.25) is 14.4 Å². The van der Waals surface area contributed by atoms with Gasteiger partial charge in [0.25, 0.3) is 11.8 Å². The fourth-order valence-corrected chi connectivity index (χ4v) is 5.20. The number of piperidine rings is 1. The van der Waals surface area contributed by atoms with Gasteiger partial charge in [0.05, 0.1) is 12.1 Å². The van der Waals surface area contributed by atoms with E-state index in [1.807, 2.05) is 36.1 Å². The number of hydrogen-bond acceptors (Lipinski definition) is 4. The zero-order valence-electron chi connectivity index (χ0n) is 22.1. The Morgan fingerprint density at radius 1 is 0.949 bits per heavy atom. The van der Waals surface area contributed by atoms with Crippen molar-refractivity contribution in [3.63, 3.8) is 0 Å². The first-order chi connectivity index (χ1) is 18.6. The van der Waals surface area contributed by atoms with Crippen LogP contribution in [-0.2, 0) is 11.0 Å². The first-order valence-corrected chi connectivity index (χ1v) is 13.4. The van der Waals surface area contributed by atoms with Gasteiger partial charge in [-0.2, -0.15) is 13.2 Å². The standard InChI is InChI=1S/C29H35F3N4O3/c1-20-5-7-22(8-6-20)28(39)36-15-10-21(11-16-36)9-13-35-14-12-25(19-35)34-26(37)18-33-27(38)23-3-2-4-24(17-23)29(30,31)32/h2-8,17,21,25H,9-16,18-19H2,1H3,(H,33,38)(H,34,37)/t25-/m1/s1. The van der Waals surface area contributed by atoms with Crippen molar-refractivity contribution in [3.05, 3.63) is 70.8 Å². The number of alkyl halides is 3. The van der Waals surface area contributed by atoms with Gasteiger partial charge < -0.3 is 20.4 Å². The number of carbonyl (C=O) groups excluding carboxylic acids is 3. The molecule has 4 rings (SSSR count). The summed E-state index contributed by atoms with van der Waals surface area (Å²) in [5.74, 6) is -0.437. The lowest BCUT2D eigenvalue weighted by molar-refractivity contribution is -0.137. The van der Waals surface area contributed by atoms with E-state index in [4.69, 9.17) is 0 Å². The molecule has 7 nitrogen and oxygen atoms in total. The van der Waals surface area contributed by atoms with Crippen LogP contribution in [-0.4, -0.2) is 72.8 Å². The van der Waals surface area contributed by atoms with Crippen LogP contribution < -0.4 is 10.6 Å². The first kappa shape index (κ1) is 28.6. The van der Waals surface area contributed by atoms with Gasteiger partial charge in [-0.25, -0.2) is 0 Å². The van der Waals surface area contributed by atoms with Crippen LogP contribution in [0.4, 0.5) is 13.2 Å². The van der Waals surface area contributed by atoms with Crippen molar-refractivity contribution < 1.29 is 27.6 Å².